The number of anilines is 1. The summed E-state index contributed by atoms with van der Waals surface area (Å²) >= 11 is 3.45. The fourth-order valence-corrected chi connectivity index (χ4v) is 2.65. The number of benzene rings is 1. The maximum Gasteiger partial charge on any atom is 0.226 e. The van der Waals surface area contributed by atoms with E-state index in [1.54, 1.807) is 12.5 Å². The largest absolute Gasteiger partial charge is 0.337 e. The summed E-state index contributed by atoms with van der Waals surface area (Å²) in [5, 5.41) is 2.97. The molecule has 1 amide bonds. The van der Waals surface area contributed by atoms with E-state index in [1.165, 1.54) is 0 Å². The van der Waals surface area contributed by atoms with Crippen LogP contribution in [0, 0.1) is 13.8 Å². The highest BCUT2D eigenvalue weighted by atomic mass is 79.9. The first-order valence-corrected chi connectivity index (χ1v) is 6.88. The summed E-state index contributed by atoms with van der Waals surface area (Å²) in [6.07, 6.45) is 5.71. The monoisotopic (exact) mass is 321 g/mol. The maximum absolute atomic E-state index is 11.9. The van der Waals surface area contributed by atoms with Crippen molar-refractivity contribution in [3.63, 3.8) is 0 Å². The Hall–Kier alpha value is -1.62. The molecule has 19 heavy (non-hydrogen) atoms. The molecular weight excluding hydrogens is 306 g/mol. The normalized spacial score (nSPS) is 10.5. The number of carbonyl (C=O) groups excluding carboxylic acids is 1. The maximum atomic E-state index is 11.9. The Bertz CT molecular complexity index is 555. The van der Waals surface area contributed by atoms with E-state index < -0.39 is 0 Å². The Morgan fingerprint density at radius 2 is 2.05 bits per heavy atom. The summed E-state index contributed by atoms with van der Waals surface area (Å²) in [5.74, 6) is 0.0159. The van der Waals surface area contributed by atoms with E-state index in [0.717, 1.165) is 21.3 Å². The topological polar surface area (TPSA) is 46.9 Å². The molecule has 0 radical (unpaired) electrons. The Kier molecular flexibility index (Phi) is 4.37. The molecule has 100 valence electrons. The van der Waals surface area contributed by atoms with E-state index in [4.69, 9.17) is 0 Å². The molecule has 0 aliphatic rings. The summed E-state index contributed by atoms with van der Waals surface area (Å²) in [7, 11) is 0. The van der Waals surface area contributed by atoms with Gasteiger partial charge in [-0.1, -0.05) is 15.9 Å². The molecule has 1 aromatic heterocycles. The van der Waals surface area contributed by atoms with E-state index in [-0.39, 0.29) is 5.91 Å². The highest BCUT2D eigenvalue weighted by molar-refractivity contribution is 9.10. The van der Waals surface area contributed by atoms with Crippen LogP contribution in [0.15, 0.2) is 35.3 Å². The van der Waals surface area contributed by atoms with Crippen LogP contribution < -0.4 is 5.32 Å². The summed E-state index contributed by atoms with van der Waals surface area (Å²) < 4.78 is 2.92. The van der Waals surface area contributed by atoms with E-state index in [2.05, 4.69) is 26.2 Å². The van der Waals surface area contributed by atoms with Gasteiger partial charge in [0.1, 0.15) is 0 Å². The van der Waals surface area contributed by atoms with Gasteiger partial charge in [0, 0.05) is 35.5 Å². The molecule has 4 nitrogen and oxygen atoms in total. The Labute approximate surface area is 121 Å². The number of carbonyl (C=O) groups is 1. The predicted molar refractivity (Wildman–Crippen MR) is 79.1 cm³/mol. The van der Waals surface area contributed by atoms with Crippen molar-refractivity contribution in [1.29, 1.82) is 0 Å². The van der Waals surface area contributed by atoms with Gasteiger partial charge in [-0.05, 0) is 37.1 Å². The van der Waals surface area contributed by atoms with E-state index >= 15 is 0 Å². The number of rotatable bonds is 4. The molecular formula is C14H16BrN3O. The molecule has 0 saturated heterocycles. The van der Waals surface area contributed by atoms with Crippen molar-refractivity contribution >= 4 is 27.5 Å². The van der Waals surface area contributed by atoms with Crippen LogP contribution >= 0.6 is 15.9 Å². The summed E-state index contributed by atoms with van der Waals surface area (Å²) in [6.45, 7) is 4.62. The molecule has 1 N–H and O–H groups in total. The predicted octanol–water partition coefficient (Wildman–Crippen LogP) is 3.29. The number of aryl methyl sites for hydroxylation is 3. The summed E-state index contributed by atoms with van der Waals surface area (Å²) in [6, 6.07) is 4.00. The van der Waals surface area contributed by atoms with Gasteiger partial charge in [0.15, 0.2) is 0 Å². The van der Waals surface area contributed by atoms with Crippen molar-refractivity contribution in [2.45, 2.75) is 26.8 Å². The number of aromatic nitrogens is 2. The molecule has 0 aliphatic carbocycles. The molecule has 2 aromatic rings. The number of hydrogen-bond donors (Lipinski definition) is 1. The minimum Gasteiger partial charge on any atom is -0.337 e. The number of halogens is 1. The van der Waals surface area contributed by atoms with Gasteiger partial charge in [0.05, 0.1) is 6.33 Å². The molecule has 0 aliphatic heterocycles. The third-order valence-electron chi connectivity index (χ3n) is 2.92. The van der Waals surface area contributed by atoms with Crippen molar-refractivity contribution in [2.75, 3.05) is 5.32 Å². The lowest BCUT2D eigenvalue weighted by molar-refractivity contribution is -0.116. The van der Waals surface area contributed by atoms with Gasteiger partial charge >= 0.3 is 0 Å². The Balaban J connectivity index is 1.99. The van der Waals surface area contributed by atoms with Crippen molar-refractivity contribution in [1.82, 2.24) is 9.55 Å². The molecule has 0 atom stereocenters. The molecule has 0 fully saturated rings. The van der Waals surface area contributed by atoms with Gasteiger partial charge in [0.2, 0.25) is 5.91 Å². The highest BCUT2D eigenvalue weighted by Gasteiger charge is 2.08. The Morgan fingerprint density at radius 1 is 1.37 bits per heavy atom. The van der Waals surface area contributed by atoms with Gasteiger partial charge in [-0.15, -0.1) is 0 Å². The average Bonchev–Trinajstić information content (AvgIpc) is 2.84. The number of nitrogens with one attached hydrogen (secondary N) is 1. The molecule has 0 spiro atoms. The number of nitrogens with zero attached hydrogens (tertiary/aromatic N) is 2. The first-order valence-electron chi connectivity index (χ1n) is 6.08. The minimum atomic E-state index is 0.0159. The SMILES string of the molecule is Cc1cc(Br)cc(C)c1NC(=O)CCn1ccnc1. The van der Waals surface area contributed by atoms with Crippen LogP contribution in [-0.2, 0) is 11.3 Å². The number of hydrogen-bond acceptors (Lipinski definition) is 2. The zero-order valence-electron chi connectivity index (χ0n) is 11.0. The van der Waals surface area contributed by atoms with Crippen LogP contribution in [0.25, 0.3) is 0 Å². The minimum absolute atomic E-state index is 0.0159. The van der Waals surface area contributed by atoms with Crippen LogP contribution in [-0.4, -0.2) is 15.5 Å². The van der Waals surface area contributed by atoms with Gasteiger partial charge in [-0.3, -0.25) is 4.79 Å². The molecule has 0 bridgehead atoms. The first kappa shape index (κ1) is 13.8. The number of amides is 1. The second kappa shape index (κ2) is 6.02. The van der Waals surface area contributed by atoms with Crippen molar-refractivity contribution in [2.24, 2.45) is 0 Å². The smallest absolute Gasteiger partial charge is 0.226 e. The fraction of sp³-hybridized carbons (Fsp3) is 0.286. The van der Waals surface area contributed by atoms with E-state index in [9.17, 15) is 4.79 Å². The van der Waals surface area contributed by atoms with Gasteiger partial charge in [-0.25, -0.2) is 4.98 Å². The lowest BCUT2D eigenvalue weighted by Gasteiger charge is -2.12. The standard InChI is InChI=1S/C14H16BrN3O/c1-10-7-12(15)8-11(2)14(10)17-13(19)3-5-18-6-4-16-9-18/h4,6-9H,3,5H2,1-2H3,(H,17,19). The summed E-state index contributed by atoms with van der Waals surface area (Å²) in [4.78, 5) is 15.9. The highest BCUT2D eigenvalue weighted by Crippen LogP contribution is 2.25. The quantitative estimate of drug-likeness (QED) is 0.939. The average molecular weight is 322 g/mol. The van der Waals surface area contributed by atoms with Gasteiger partial charge in [-0.2, -0.15) is 0 Å². The molecule has 2 rings (SSSR count). The van der Waals surface area contributed by atoms with Crippen molar-refractivity contribution < 1.29 is 4.79 Å². The zero-order valence-corrected chi connectivity index (χ0v) is 12.6. The summed E-state index contributed by atoms with van der Waals surface area (Å²) in [5.41, 5.74) is 3.02. The zero-order chi connectivity index (χ0) is 13.8. The third-order valence-corrected chi connectivity index (χ3v) is 3.38. The fourth-order valence-electron chi connectivity index (χ4n) is 1.96. The number of imidazole rings is 1. The molecule has 1 aromatic carbocycles. The molecule has 0 saturated carbocycles. The lowest BCUT2D eigenvalue weighted by atomic mass is 10.1. The van der Waals surface area contributed by atoms with Crippen LogP contribution in [0.4, 0.5) is 5.69 Å². The first-order chi connectivity index (χ1) is 9.06. The van der Waals surface area contributed by atoms with Crippen molar-refractivity contribution in [3.05, 3.63) is 46.5 Å². The lowest BCUT2D eigenvalue weighted by Crippen LogP contribution is -2.15. The van der Waals surface area contributed by atoms with E-state index in [0.29, 0.717) is 13.0 Å². The second-order valence-electron chi connectivity index (χ2n) is 4.51. The molecule has 1 heterocycles. The van der Waals surface area contributed by atoms with Gasteiger partial charge in [0.25, 0.3) is 0 Å². The van der Waals surface area contributed by atoms with Crippen LogP contribution in [0.1, 0.15) is 17.5 Å². The third kappa shape index (κ3) is 3.67. The van der Waals surface area contributed by atoms with Crippen LogP contribution in [0.2, 0.25) is 0 Å². The van der Waals surface area contributed by atoms with Crippen molar-refractivity contribution in [3.8, 4) is 0 Å². The van der Waals surface area contributed by atoms with Crippen LogP contribution in [0.5, 0.6) is 0 Å². The Morgan fingerprint density at radius 3 is 2.63 bits per heavy atom. The van der Waals surface area contributed by atoms with Gasteiger partial charge < -0.3 is 9.88 Å². The van der Waals surface area contributed by atoms with E-state index in [1.807, 2.05) is 36.7 Å². The molecule has 5 heteroatoms. The van der Waals surface area contributed by atoms with Crippen LogP contribution in [0.3, 0.4) is 0 Å². The second-order valence-corrected chi connectivity index (χ2v) is 5.43. The molecule has 0 unspecified atom stereocenters.